The monoisotopic (exact) mass is 292 g/mol. The van der Waals surface area contributed by atoms with Crippen LogP contribution in [-0.2, 0) is 0 Å². The van der Waals surface area contributed by atoms with Crippen LogP contribution >= 0.6 is 11.8 Å². The van der Waals surface area contributed by atoms with Crippen molar-refractivity contribution in [3.05, 3.63) is 48.0 Å². The molecule has 4 N–H and O–H groups in total. The summed E-state index contributed by atoms with van der Waals surface area (Å²) in [5.74, 6) is 3.38. The molecule has 2 aromatic heterocycles. The Balaban J connectivity index is 1.98. The minimum Gasteiger partial charge on any atom is -0.349 e. The number of rotatable bonds is 3. The minimum absolute atomic E-state index is 0.0471. The Bertz CT molecular complexity index is 739. The largest absolute Gasteiger partial charge is 0.349 e. The van der Waals surface area contributed by atoms with Crippen molar-refractivity contribution in [1.29, 1.82) is 0 Å². The molecule has 0 radical (unpaired) electrons. The van der Waals surface area contributed by atoms with E-state index in [0.29, 0.717) is 5.03 Å². The number of nitrogens with one attached hydrogen (secondary N) is 2. The van der Waals surface area contributed by atoms with Crippen LogP contribution in [0.4, 0.5) is 14.6 Å². The lowest BCUT2D eigenvalue weighted by Gasteiger charge is -2.05. The molecule has 0 amide bonds. The van der Waals surface area contributed by atoms with Gasteiger partial charge in [0.05, 0.1) is 5.03 Å². The Morgan fingerprint density at radius 1 is 1.15 bits per heavy atom. The summed E-state index contributed by atoms with van der Waals surface area (Å²) < 4.78 is 27.0. The number of hydrogen-bond acceptors (Lipinski definition) is 4. The first kappa shape index (κ1) is 12.9. The van der Waals surface area contributed by atoms with Crippen molar-refractivity contribution < 1.29 is 8.78 Å². The van der Waals surface area contributed by atoms with Gasteiger partial charge in [-0.15, -0.1) is 0 Å². The smallest absolute Gasteiger partial charge is 0.177 e. The number of nitrogens with zero attached hydrogens (tertiary/aromatic N) is 1. The molecule has 2 heterocycles. The van der Waals surface area contributed by atoms with Crippen molar-refractivity contribution in [3.8, 4) is 0 Å². The molecule has 102 valence electrons. The fourth-order valence-electron chi connectivity index (χ4n) is 1.83. The van der Waals surface area contributed by atoms with Gasteiger partial charge in [0.25, 0.3) is 0 Å². The number of hydrazine groups is 1. The number of benzene rings is 1. The van der Waals surface area contributed by atoms with E-state index in [1.54, 1.807) is 0 Å². The van der Waals surface area contributed by atoms with Crippen LogP contribution in [0.2, 0.25) is 0 Å². The molecule has 3 aromatic rings. The summed E-state index contributed by atoms with van der Waals surface area (Å²) in [4.78, 5) is 6.95. The van der Waals surface area contributed by atoms with E-state index in [1.165, 1.54) is 0 Å². The Morgan fingerprint density at radius 3 is 2.70 bits per heavy atom. The highest BCUT2D eigenvalue weighted by atomic mass is 32.2. The van der Waals surface area contributed by atoms with Crippen LogP contribution in [0.15, 0.2) is 46.5 Å². The average molecular weight is 292 g/mol. The minimum atomic E-state index is -0.828. The zero-order valence-corrected chi connectivity index (χ0v) is 11.0. The number of para-hydroxylation sites is 1. The van der Waals surface area contributed by atoms with E-state index in [1.807, 2.05) is 30.3 Å². The normalized spacial score (nSPS) is 10.9. The van der Waals surface area contributed by atoms with Crippen LogP contribution in [0.3, 0.4) is 0 Å². The van der Waals surface area contributed by atoms with Gasteiger partial charge in [-0.25, -0.2) is 19.6 Å². The quantitative estimate of drug-likeness (QED) is 0.512. The molecule has 0 aliphatic rings. The number of halogens is 2. The maximum absolute atomic E-state index is 13.7. The summed E-state index contributed by atoms with van der Waals surface area (Å²) in [6.07, 6.45) is 0. The highest BCUT2D eigenvalue weighted by Crippen LogP contribution is 2.31. The molecule has 3 rings (SSSR count). The van der Waals surface area contributed by atoms with Crippen LogP contribution in [-0.4, -0.2) is 9.97 Å². The Kier molecular flexibility index (Phi) is 3.29. The van der Waals surface area contributed by atoms with Crippen molar-refractivity contribution >= 4 is 28.5 Å². The summed E-state index contributed by atoms with van der Waals surface area (Å²) in [6, 6.07) is 10.3. The van der Waals surface area contributed by atoms with Gasteiger partial charge in [0.2, 0.25) is 0 Å². The van der Waals surface area contributed by atoms with Crippen LogP contribution in [0.25, 0.3) is 10.9 Å². The van der Waals surface area contributed by atoms with Gasteiger partial charge >= 0.3 is 0 Å². The fraction of sp³-hybridized carbons (Fsp3) is 0. The van der Waals surface area contributed by atoms with E-state index in [2.05, 4.69) is 15.4 Å². The molecular weight excluding hydrogens is 282 g/mol. The Hall–Kier alpha value is -2.12. The number of hydrogen-bond donors (Lipinski definition) is 3. The number of anilines is 1. The predicted molar refractivity (Wildman–Crippen MR) is 74.4 cm³/mol. The second-order valence-electron chi connectivity index (χ2n) is 4.07. The van der Waals surface area contributed by atoms with Gasteiger partial charge in [-0.1, -0.05) is 18.2 Å². The fourth-order valence-corrected chi connectivity index (χ4v) is 2.68. The molecule has 0 saturated heterocycles. The third-order valence-corrected chi connectivity index (χ3v) is 3.67. The van der Waals surface area contributed by atoms with Crippen molar-refractivity contribution in [1.82, 2.24) is 9.97 Å². The molecular formula is C13H10F2N4S. The highest BCUT2D eigenvalue weighted by Gasteiger charge is 2.13. The third-order valence-electron chi connectivity index (χ3n) is 2.75. The van der Waals surface area contributed by atoms with Crippen LogP contribution < -0.4 is 11.3 Å². The van der Waals surface area contributed by atoms with E-state index < -0.39 is 11.6 Å². The Labute approximate surface area is 117 Å². The molecule has 0 bridgehead atoms. The summed E-state index contributed by atoms with van der Waals surface area (Å²) >= 11 is 1.07. The van der Waals surface area contributed by atoms with Crippen LogP contribution in [0.1, 0.15) is 0 Å². The first-order valence-electron chi connectivity index (χ1n) is 5.75. The van der Waals surface area contributed by atoms with Gasteiger partial charge in [-0.2, -0.15) is 0 Å². The maximum Gasteiger partial charge on any atom is 0.177 e. The number of aromatic amines is 1. The zero-order chi connectivity index (χ0) is 14.1. The van der Waals surface area contributed by atoms with Gasteiger partial charge in [0.15, 0.2) is 17.5 Å². The lowest BCUT2D eigenvalue weighted by Crippen LogP contribution is -2.11. The van der Waals surface area contributed by atoms with Crippen molar-refractivity contribution in [2.75, 3.05) is 5.43 Å². The number of nitrogen functional groups attached to an aromatic ring is 1. The molecule has 0 unspecified atom stereocenters. The maximum atomic E-state index is 13.7. The van der Waals surface area contributed by atoms with E-state index in [-0.39, 0.29) is 10.8 Å². The molecule has 7 heteroatoms. The van der Waals surface area contributed by atoms with Gasteiger partial charge in [-0.3, -0.25) is 0 Å². The SMILES string of the molecule is NNc1nc(Sc2cc3ccccc3[nH]2)c(F)cc1F. The molecule has 0 saturated carbocycles. The summed E-state index contributed by atoms with van der Waals surface area (Å²) in [7, 11) is 0. The third kappa shape index (κ3) is 2.33. The number of pyridine rings is 1. The standard InChI is InChI=1S/C13H10F2N4S/c14-8-6-9(15)13(18-12(8)19-16)20-11-5-7-3-1-2-4-10(7)17-11/h1-6,17H,16H2,(H,18,19). The van der Waals surface area contributed by atoms with Crippen molar-refractivity contribution in [3.63, 3.8) is 0 Å². The van der Waals surface area contributed by atoms with E-state index in [4.69, 9.17) is 5.84 Å². The van der Waals surface area contributed by atoms with E-state index >= 15 is 0 Å². The van der Waals surface area contributed by atoms with E-state index in [9.17, 15) is 8.78 Å². The number of H-pyrrole nitrogens is 1. The molecule has 0 spiro atoms. The van der Waals surface area contributed by atoms with Gasteiger partial charge < -0.3 is 10.4 Å². The van der Waals surface area contributed by atoms with Crippen LogP contribution in [0, 0.1) is 11.6 Å². The first-order valence-corrected chi connectivity index (χ1v) is 6.57. The summed E-state index contributed by atoms with van der Waals surface area (Å²) in [5.41, 5.74) is 3.04. The molecule has 0 aliphatic carbocycles. The second kappa shape index (κ2) is 5.10. The molecule has 0 atom stereocenters. The topological polar surface area (TPSA) is 66.7 Å². The summed E-state index contributed by atoms with van der Waals surface area (Å²) in [5, 5.41) is 1.77. The molecule has 4 nitrogen and oxygen atoms in total. The van der Waals surface area contributed by atoms with Gasteiger partial charge in [-0.05, 0) is 23.9 Å². The molecule has 0 fully saturated rings. The summed E-state index contributed by atoms with van der Waals surface area (Å²) in [6.45, 7) is 0. The number of nitrogens with two attached hydrogens (primary N) is 1. The lowest BCUT2D eigenvalue weighted by atomic mass is 10.3. The Morgan fingerprint density at radius 2 is 1.95 bits per heavy atom. The molecule has 0 aliphatic heterocycles. The van der Waals surface area contributed by atoms with Crippen molar-refractivity contribution in [2.24, 2.45) is 5.84 Å². The lowest BCUT2D eigenvalue weighted by molar-refractivity contribution is 0.551. The number of aromatic nitrogens is 2. The first-order chi connectivity index (χ1) is 9.67. The van der Waals surface area contributed by atoms with E-state index in [0.717, 1.165) is 28.7 Å². The average Bonchev–Trinajstić information content (AvgIpc) is 2.84. The van der Waals surface area contributed by atoms with Crippen LogP contribution in [0.5, 0.6) is 0 Å². The zero-order valence-electron chi connectivity index (χ0n) is 10.2. The van der Waals surface area contributed by atoms with Gasteiger partial charge in [0.1, 0.15) is 5.03 Å². The molecule has 1 aromatic carbocycles. The molecule has 20 heavy (non-hydrogen) atoms. The highest BCUT2D eigenvalue weighted by molar-refractivity contribution is 7.99. The number of fused-ring (bicyclic) bond motifs is 1. The second-order valence-corrected chi connectivity index (χ2v) is 5.10. The van der Waals surface area contributed by atoms with Gasteiger partial charge in [0, 0.05) is 17.0 Å². The van der Waals surface area contributed by atoms with Crippen molar-refractivity contribution in [2.45, 2.75) is 10.1 Å². The predicted octanol–water partition coefficient (Wildman–Crippen LogP) is 3.28.